The number of ether oxygens (including phenoxy) is 3. The molecule has 0 spiro atoms. The first kappa shape index (κ1) is 77.8. The first-order valence-electron chi connectivity index (χ1n) is 33.6. The third-order valence-corrected chi connectivity index (χ3v) is 13.7. The zero-order valence-corrected chi connectivity index (χ0v) is 53.4. The molecule has 1 atom stereocenters. The minimum Gasteiger partial charge on any atom is -0.462 e. The highest BCUT2D eigenvalue weighted by atomic mass is 16.6. The maximum Gasteiger partial charge on any atom is 0.306 e. The van der Waals surface area contributed by atoms with Crippen LogP contribution in [0.3, 0.4) is 0 Å². The van der Waals surface area contributed by atoms with Crippen molar-refractivity contribution in [2.75, 3.05) is 13.2 Å². The van der Waals surface area contributed by atoms with Gasteiger partial charge in [0.1, 0.15) is 13.2 Å². The predicted molar refractivity (Wildman–Crippen MR) is 361 cm³/mol. The van der Waals surface area contributed by atoms with Crippen LogP contribution in [0.4, 0.5) is 0 Å². The molecule has 0 saturated heterocycles. The lowest BCUT2D eigenvalue weighted by atomic mass is 10.1. The van der Waals surface area contributed by atoms with E-state index in [1.165, 1.54) is 96.3 Å². The van der Waals surface area contributed by atoms with Gasteiger partial charge in [0.25, 0.3) is 0 Å². The van der Waals surface area contributed by atoms with Crippen LogP contribution < -0.4 is 0 Å². The van der Waals surface area contributed by atoms with E-state index in [-0.39, 0.29) is 31.6 Å². The molecule has 0 aromatic rings. The van der Waals surface area contributed by atoms with Crippen LogP contribution in [-0.4, -0.2) is 37.2 Å². The second kappa shape index (κ2) is 69.3. The van der Waals surface area contributed by atoms with E-state index in [0.29, 0.717) is 19.3 Å². The smallest absolute Gasteiger partial charge is 0.306 e. The molecule has 0 rings (SSSR count). The SMILES string of the molecule is CC/C=C\C/C=C\C/C=C\C/C=C\C/C=C\C/C=C\C/C=C\C/C=C\CCCCCCCCCCCCC(=O)OCC(COC(=O)CCCCCCCCCCCCC)OC(=O)CC/C=C\C/C=C\C/C=C\C/C=C\C/C=C\C/C=C\CC. The van der Waals surface area contributed by atoms with Gasteiger partial charge in [0.05, 0.1) is 0 Å². The van der Waals surface area contributed by atoms with Crippen molar-refractivity contribution in [1.82, 2.24) is 0 Å². The second-order valence-corrected chi connectivity index (χ2v) is 21.6. The molecule has 1 unspecified atom stereocenters. The number of hydrogen-bond acceptors (Lipinski definition) is 6. The topological polar surface area (TPSA) is 78.9 Å². The monoisotopic (exact) mass is 1140 g/mol. The number of carbonyl (C=O) groups excluding carboxylic acids is 3. The minimum absolute atomic E-state index is 0.113. The fraction of sp³-hybridized carbons (Fsp3) is 0.597. The summed E-state index contributed by atoms with van der Waals surface area (Å²) in [5.41, 5.74) is 0. The van der Waals surface area contributed by atoms with Crippen LogP contribution in [0.5, 0.6) is 0 Å². The Balaban J connectivity index is 4.31. The third kappa shape index (κ3) is 67.4. The molecule has 0 aliphatic carbocycles. The van der Waals surface area contributed by atoms with Gasteiger partial charge in [-0.1, -0.05) is 306 Å². The molecule has 0 heterocycles. The van der Waals surface area contributed by atoms with Crippen LogP contribution in [0.25, 0.3) is 0 Å². The Morgan fingerprint density at radius 1 is 0.253 bits per heavy atom. The standard InChI is InChI=1S/C77H122O6/c1-4-7-10-13-16-19-22-24-26-28-30-31-32-33-34-35-36-37-38-39-40-41-42-43-44-45-47-48-50-52-55-58-61-64-67-70-76(79)82-73-74(72-81-75(78)69-66-63-60-57-54-21-18-15-12-9-6-3)83-77(80)71-68-65-62-59-56-53-51-49-46-29-27-25-23-20-17-14-11-8-5-2/h7-8,10-11,16-17,19-20,24-27,30-31,33-34,36-37,39-40,42-43,46,49,53,56,62,65,74H,4-6,9,12-15,18,21-23,28-29,32,35,38,41,44-45,47-48,50-52,54-55,57-61,63-64,66-73H2,1-3H3/b10-7-,11-8-,19-16-,20-17-,26-24-,27-25-,31-30-,34-33-,37-36-,40-39-,43-42-,49-46-,56-53-,65-62-. The average Bonchev–Trinajstić information content (AvgIpc) is 3.48. The summed E-state index contributed by atoms with van der Waals surface area (Å²) in [6.45, 7) is 6.34. The number of carbonyl (C=O) groups is 3. The van der Waals surface area contributed by atoms with E-state index in [9.17, 15) is 14.4 Å². The summed E-state index contributed by atoms with van der Waals surface area (Å²) in [5.74, 6) is -1.01. The zero-order valence-electron chi connectivity index (χ0n) is 53.4. The molecule has 0 radical (unpaired) electrons. The number of rotatable bonds is 59. The van der Waals surface area contributed by atoms with E-state index in [1.54, 1.807) is 0 Å². The van der Waals surface area contributed by atoms with Crippen LogP contribution >= 0.6 is 0 Å². The lowest BCUT2D eigenvalue weighted by Gasteiger charge is -2.18. The van der Waals surface area contributed by atoms with Crippen LogP contribution in [0.15, 0.2) is 170 Å². The van der Waals surface area contributed by atoms with E-state index < -0.39 is 12.1 Å². The molecule has 83 heavy (non-hydrogen) atoms. The number of hydrogen-bond donors (Lipinski definition) is 0. The minimum atomic E-state index is -0.826. The summed E-state index contributed by atoms with van der Waals surface area (Å²) in [4.78, 5) is 38.2. The number of esters is 3. The van der Waals surface area contributed by atoms with Gasteiger partial charge in [-0.2, -0.15) is 0 Å². The Morgan fingerprint density at radius 3 is 0.783 bits per heavy atom. The molecule has 0 aliphatic heterocycles. The molecule has 0 N–H and O–H groups in total. The quantitative estimate of drug-likeness (QED) is 0.0261. The summed E-state index contributed by atoms with van der Waals surface area (Å²) in [7, 11) is 0. The highest BCUT2D eigenvalue weighted by molar-refractivity contribution is 5.71. The van der Waals surface area contributed by atoms with Gasteiger partial charge in [-0.15, -0.1) is 0 Å². The highest BCUT2D eigenvalue weighted by Gasteiger charge is 2.19. The summed E-state index contributed by atoms with van der Waals surface area (Å²) in [6, 6.07) is 0. The lowest BCUT2D eigenvalue weighted by Crippen LogP contribution is -2.30. The van der Waals surface area contributed by atoms with E-state index in [4.69, 9.17) is 14.2 Å². The average molecular weight is 1140 g/mol. The molecule has 0 aromatic heterocycles. The van der Waals surface area contributed by atoms with E-state index in [1.807, 2.05) is 6.08 Å². The van der Waals surface area contributed by atoms with Crippen molar-refractivity contribution in [3.63, 3.8) is 0 Å². The van der Waals surface area contributed by atoms with Crippen molar-refractivity contribution in [2.24, 2.45) is 0 Å². The summed E-state index contributed by atoms with van der Waals surface area (Å²) >= 11 is 0. The zero-order chi connectivity index (χ0) is 59.9. The molecule has 0 aliphatic rings. The van der Waals surface area contributed by atoms with E-state index >= 15 is 0 Å². The first-order valence-corrected chi connectivity index (χ1v) is 33.6. The van der Waals surface area contributed by atoms with Crippen LogP contribution in [0, 0.1) is 0 Å². The lowest BCUT2D eigenvalue weighted by molar-refractivity contribution is -0.166. The van der Waals surface area contributed by atoms with Crippen molar-refractivity contribution in [3.05, 3.63) is 170 Å². The maximum absolute atomic E-state index is 12.9. The Hall–Kier alpha value is -5.23. The van der Waals surface area contributed by atoms with Crippen molar-refractivity contribution in [1.29, 1.82) is 0 Å². The molecule has 466 valence electrons. The molecule has 0 amide bonds. The maximum atomic E-state index is 12.9. The fourth-order valence-electron chi connectivity index (χ4n) is 8.78. The Labute approximate surface area is 511 Å². The van der Waals surface area contributed by atoms with Crippen molar-refractivity contribution in [3.8, 4) is 0 Å². The summed E-state index contributed by atoms with van der Waals surface area (Å²) in [6.07, 6.45) is 102. The molecule has 0 bridgehead atoms. The Morgan fingerprint density at radius 2 is 0.494 bits per heavy atom. The molecule has 6 heteroatoms. The molecular formula is C77H122O6. The Bertz CT molecular complexity index is 1890. The van der Waals surface area contributed by atoms with Crippen molar-refractivity contribution < 1.29 is 28.6 Å². The largest absolute Gasteiger partial charge is 0.462 e. The van der Waals surface area contributed by atoms with Crippen LogP contribution in [0.2, 0.25) is 0 Å². The molecule has 0 aromatic carbocycles. The highest BCUT2D eigenvalue weighted by Crippen LogP contribution is 2.15. The van der Waals surface area contributed by atoms with Gasteiger partial charge in [0.2, 0.25) is 0 Å². The molecule has 6 nitrogen and oxygen atoms in total. The van der Waals surface area contributed by atoms with Gasteiger partial charge in [-0.3, -0.25) is 14.4 Å². The number of unbranched alkanes of at least 4 members (excludes halogenated alkanes) is 20. The van der Waals surface area contributed by atoms with Gasteiger partial charge < -0.3 is 14.2 Å². The van der Waals surface area contributed by atoms with Crippen LogP contribution in [-0.2, 0) is 28.6 Å². The summed E-state index contributed by atoms with van der Waals surface area (Å²) in [5, 5.41) is 0. The van der Waals surface area contributed by atoms with Crippen molar-refractivity contribution >= 4 is 17.9 Å². The molecule has 0 fully saturated rings. The third-order valence-electron chi connectivity index (χ3n) is 13.7. The predicted octanol–water partition coefficient (Wildman–Crippen LogP) is 23.4. The van der Waals surface area contributed by atoms with Gasteiger partial charge in [-0.05, 0) is 122 Å². The molecule has 0 saturated carbocycles. The second-order valence-electron chi connectivity index (χ2n) is 21.6. The normalized spacial score (nSPS) is 13.2. The fourth-order valence-corrected chi connectivity index (χ4v) is 8.78. The van der Waals surface area contributed by atoms with Gasteiger partial charge in [0, 0.05) is 19.3 Å². The Kier molecular flexibility index (Phi) is 64.9. The molecular weight excluding hydrogens is 1020 g/mol. The van der Waals surface area contributed by atoms with Gasteiger partial charge in [0.15, 0.2) is 6.10 Å². The first-order chi connectivity index (χ1) is 41.0. The van der Waals surface area contributed by atoms with E-state index in [0.717, 1.165) is 135 Å². The van der Waals surface area contributed by atoms with E-state index in [2.05, 4.69) is 185 Å². The van der Waals surface area contributed by atoms with Crippen LogP contribution in [0.1, 0.15) is 278 Å². The van der Waals surface area contributed by atoms with Gasteiger partial charge >= 0.3 is 17.9 Å². The summed E-state index contributed by atoms with van der Waals surface area (Å²) < 4.78 is 16.8. The van der Waals surface area contributed by atoms with Gasteiger partial charge in [-0.25, -0.2) is 0 Å². The van der Waals surface area contributed by atoms with Crippen molar-refractivity contribution in [2.45, 2.75) is 284 Å². The number of allylic oxidation sites excluding steroid dienone is 28.